The molecule has 1 aliphatic carbocycles. The fraction of sp³-hybridized carbons (Fsp3) is 0.414. The molecule has 2 amide bonds. The van der Waals surface area contributed by atoms with Crippen LogP contribution in [0.15, 0.2) is 59.8 Å². The van der Waals surface area contributed by atoms with Gasteiger partial charge in [0.2, 0.25) is 11.4 Å². The lowest BCUT2D eigenvalue weighted by atomic mass is 9.72. The maximum Gasteiger partial charge on any atom is 0.425 e. The first-order chi connectivity index (χ1) is 18.3. The third-order valence-corrected chi connectivity index (χ3v) is 7.19. The van der Waals surface area contributed by atoms with Gasteiger partial charge in [0.15, 0.2) is 5.78 Å². The van der Waals surface area contributed by atoms with Gasteiger partial charge in [0.05, 0.1) is 26.3 Å². The number of amides is 2. The van der Waals surface area contributed by atoms with E-state index in [2.05, 4.69) is 0 Å². The van der Waals surface area contributed by atoms with Crippen molar-refractivity contribution in [3.63, 3.8) is 0 Å². The van der Waals surface area contributed by atoms with Gasteiger partial charge in [-0.1, -0.05) is 44.2 Å². The van der Waals surface area contributed by atoms with Gasteiger partial charge >= 0.3 is 6.18 Å². The molecule has 0 bridgehead atoms. The van der Waals surface area contributed by atoms with Crippen LogP contribution in [0, 0.1) is 5.41 Å². The Bertz CT molecular complexity index is 1320. The summed E-state index contributed by atoms with van der Waals surface area (Å²) in [7, 11) is 2.93. The Labute approximate surface area is 225 Å². The molecule has 2 aliphatic rings. The van der Waals surface area contributed by atoms with Crippen molar-refractivity contribution in [1.29, 1.82) is 0 Å². The molecule has 10 heteroatoms. The number of Topliss-reactive ketones (excluding diaryl/α,β-unsaturated/α-hetero) is 1. The van der Waals surface area contributed by atoms with Crippen LogP contribution in [0.25, 0.3) is 0 Å². The van der Waals surface area contributed by atoms with Gasteiger partial charge < -0.3 is 19.7 Å². The minimum Gasteiger partial charge on any atom is -0.497 e. The summed E-state index contributed by atoms with van der Waals surface area (Å²) in [5.41, 5.74) is -3.66. The van der Waals surface area contributed by atoms with Crippen LogP contribution in [-0.4, -0.2) is 48.4 Å². The number of carbonyl (C=O) groups excluding carboxylic acids is 3. The van der Waals surface area contributed by atoms with Gasteiger partial charge in [0.1, 0.15) is 11.5 Å². The highest BCUT2D eigenvalue weighted by Crippen LogP contribution is 2.52. The number of alkyl halides is 3. The topological polar surface area (TPSA) is 84.9 Å². The van der Waals surface area contributed by atoms with E-state index in [1.807, 2.05) is 5.32 Å². The summed E-state index contributed by atoms with van der Waals surface area (Å²) in [5.74, 6) is -2.19. The maximum absolute atomic E-state index is 15.0. The number of aryl methyl sites for hydroxylation is 1. The number of rotatable bonds is 8. The molecule has 0 saturated carbocycles. The highest BCUT2D eigenvalue weighted by Gasteiger charge is 2.71. The minimum atomic E-state index is -5.26. The van der Waals surface area contributed by atoms with Gasteiger partial charge in [-0.3, -0.25) is 14.4 Å². The smallest absolute Gasteiger partial charge is 0.425 e. The van der Waals surface area contributed by atoms with Crippen molar-refractivity contribution >= 4 is 17.6 Å². The van der Waals surface area contributed by atoms with Crippen LogP contribution in [0.1, 0.15) is 44.2 Å². The zero-order valence-electron chi connectivity index (χ0n) is 22.3. The zero-order chi connectivity index (χ0) is 28.6. The molecule has 2 aromatic rings. The monoisotopic (exact) mass is 544 g/mol. The summed E-state index contributed by atoms with van der Waals surface area (Å²) in [6.07, 6.45) is -5.55. The molecule has 208 valence electrons. The molecular formula is C29H31F3N2O5. The van der Waals surface area contributed by atoms with Gasteiger partial charge in [-0.15, -0.1) is 0 Å². The quantitative estimate of drug-likeness (QED) is 0.519. The first kappa shape index (κ1) is 28.2. The number of hydrogen-bond donors (Lipinski definition) is 1. The second-order valence-electron chi connectivity index (χ2n) is 10.6. The van der Waals surface area contributed by atoms with E-state index in [9.17, 15) is 27.6 Å². The summed E-state index contributed by atoms with van der Waals surface area (Å²) in [4.78, 5) is 41.1. The number of benzene rings is 2. The molecule has 0 saturated heterocycles. The van der Waals surface area contributed by atoms with Crippen molar-refractivity contribution in [3.8, 4) is 11.5 Å². The van der Waals surface area contributed by atoms with E-state index in [0.717, 1.165) is 4.90 Å². The van der Waals surface area contributed by atoms with E-state index in [1.165, 1.54) is 14.2 Å². The van der Waals surface area contributed by atoms with Gasteiger partial charge in [-0.25, -0.2) is 0 Å². The lowest BCUT2D eigenvalue weighted by Crippen LogP contribution is -2.66. The Morgan fingerprint density at radius 1 is 1.00 bits per heavy atom. The molecule has 1 N–H and O–H groups in total. The summed E-state index contributed by atoms with van der Waals surface area (Å²) >= 11 is 0. The molecule has 0 aromatic heterocycles. The van der Waals surface area contributed by atoms with Crippen LogP contribution in [0.3, 0.4) is 0 Å². The van der Waals surface area contributed by atoms with Crippen LogP contribution >= 0.6 is 0 Å². The average Bonchev–Trinajstić information content (AvgIpc) is 3.10. The van der Waals surface area contributed by atoms with Crippen molar-refractivity contribution in [2.24, 2.45) is 5.41 Å². The standard InChI is InChI=1S/C29H31F3N2O5/c1-27(2)15-21-25(22(35)16-27)28(29(30,31)32,26(37)34(21)17-19-7-5-6-8-23(19)39-4)33-24(36)14-11-18-9-12-20(38-3)13-10-18/h5-10,12-13H,11,14-17H2,1-4H3,(H,33,36). The number of ketones is 1. The normalized spacial score (nSPS) is 20.6. The van der Waals surface area contributed by atoms with Gasteiger partial charge in [0.25, 0.3) is 5.91 Å². The third-order valence-electron chi connectivity index (χ3n) is 7.19. The van der Waals surface area contributed by atoms with E-state index in [-0.39, 0.29) is 37.9 Å². The SMILES string of the molecule is COc1ccc(CCC(=O)NC2(C(F)(F)F)C(=O)N(Cc3ccccc3OC)C3=C2C(=O)CC(C)(C)C3)cc1. The van der Waals surface area contributed by atoms with Crippen LogP contribution in [-0.2, 0) is 27.3 Å². The number of para-hydroxylation sites is 1. The van der Waals surface area contributed by atoms with Gasteiger partial charge in [-0.2, -0.15) is 13.2 Å². The molecule has 2 aromatic carbocycles. The number of halogens is 3. The lowest BCUT2D eigenvalue weighted by molar-refractivity contribution is -0.194. The van der Waals surface area contributed by atoms with Crippen LogP contribution < -0.4 is 14.8 Å². The minimum absolute atomic E-state index is 0.0139. The van der Waals surface area contributed by atoms with Crippen LogP contribution in [0.4, 0.5) is 13.2 Å². The Morgan fingerprint density at radius 3 is 2.28 bits per heavy atom. The number of nitrogens with one attached hydrogen (secondary N) is 1. The van der Waals surface area contributed by atoms with E-state index < -0.39 is 40.3 Å². The molecular weight excluding hydrogens is 513 g/mol. The summed E-state index contributed by atoms with van der Waals surface area (Å²) in [6, 6.07) is 13.4. The molecule has 1 unspecified atom stereocenters. The molecule has 0 spiro atoms. The molecule has 1 atom stereocenters. The van der Waals surface area contributed by atoms with Crippen LogP contribution in [0.5, 0.6) is 11.5 Å². The zero-order valence-corrected chi connectivity index (χ0v) is 22.3. The Hall–Kier alpha value is -3.82. The number of allylic oxidation sites excluding steroid dienone is 1. The first-order valence-electron chi connectivity index (χ1n) is 12.5. The summed E-state index contributed by atoms with van der Waals surface area (Å²) in [5, 5.41) is 1.99. The number of nitrogens with zero attached hydrogens (tertiary/aromatic N) is 1. The molecule has 1 aliphatic heterocycles. The highest BCUT2D eigenvalue weighted by molar-refractivity contribution is 6.13. The van der Waals surface area contributed by atoms with E-state index in [0.29, 0.717) is 22.6 Å². The van der Waals surface area contributed by atoms with Crippen molar-refractivity contribution in [2.45, 2.75) is 57.8 Å². The van der Waals surface area contributed by atoms with E-state index in [4.69, 9.17) is 9.47 Å². The number of methoxy groups -OCH3 is 2. The fourth-order valence-electron chi connectivity index (χ4n) is 5.32. The predicted octanol–water partition coefficient (Wildman–Crippen LogP) is 4.74. The Morgan fingerprint density at radius 2 is 1.67 bits per heavy atom. The molecule has 0 radical (unpaired) electrons. The van der Waals surface area contributed by atoms with E-state index in [1.54, 1.807) is 62.4 Å². The Kier molecular flexibility index (Phi) is 7.51. The van der Waals surface area contributed by atoms with E-state index >= 15 is 0 Å². The average molecular weight is 545 g/mol. The number of hydrogen-bond acceptors (Lipinski definition) is 5. The highest BCUT2D eigenvalue weighted by atomic mass is 19.4. The molecule has 1 heterocycles. The maximum atomic E-state index is 15.0. The number of carbonyl (C=O) groups is 3. The first-order valence-corrected chi connectivity index (χ1v) is 12.5. The van der Waals surface area contributed by atoms with Crippen molar-refractivity contribution < 1.29 is 37.0 Å². The predicted molar refractivity (Wildman–Crippen MR) is 137 cm³/mol. The molecule has 0 fully saturated rings. The second kappa shape index (κ2) is 10.4. The number of ether oxygens (including phenoxy) is 2. The van der Waals surface area contributed by atoms with Gasteiger partial charge in [-0.05, 0) is 42.0 Å². The Balaban J connectivity index is 1.72. The molecule has 4 rings (SSSR count). The second-order valence-corrected chi connectivity index (χ2v) is 10.6. The lowest BCUT2D eigenvalue weighted by Gasteiger charge is -2.35. The molecule has 7 nitrogen and oxygen atoms in total. The van der Waals surface area contributed by atoms with Crippen LogP contribution in [0.2, 0.25) is 0 Å². The molecule has 39 heavy (non-hydrogen) atoms. The van der Waals surface area contributed by atoms with Crippen molar-refractivity contribution in [2.75, 3.05) is 14.2 Å². The fourth-order valence-corrected chi connectivity index (χ4v) is 5.32. The third kappa shape index (κ3) is 5.24. The summed E-state index contributed by atoms with van der Waals surface area (Å²) < 4.78 is 55.4. The largest absolute Gasteiger partial charge is 0.497 e. The van der Waals surface area contributed by atoms with Gasteiger partial charge in [0, 0.05) is 24.1 Å². The summed E-state index contributed by atoms with van der Waals surface area (Å²) in [6.45, 7) is 3.29. The van der Waals surface area contributed by atoms with Crippen molar-refractivity contribution in [1.82, 2.24) is 10.2 Å². The van der Waals surface area contributed by atoms with Crippen molar-refractivity contribution in [3.05, 3.63) is 70.9 Å².